The molecule has 1 aliphatic rings. The number of benzene rings is 1. The molecule has 0 saturated carbocycles. The van der Waals surface area contributed by atoms with Crippen LogP contribution in [0.4, 0.5) is 16.2 Å². The maximum Gasteiger partial charge on any atom is 0.328 e. The number of barbiturate groups is 1. The van der Waals surface area contributed by atoms with Gasteiger partial charge in [-0.3, -0.25) is 30.3 Å². The first kappa shape index (κ1) is 14.4. The van der Waals surface area contributed by atoms with Gasteiger partial charge in [-0.05, 0) is 18.1 Å². The number of hydrogen-bond donors (Lipinski definition) is 3. The zero-order valence-electron chi connectivity index (χ0n) is 11.0. The molecule has 0 radical (unpaired) electrons. The minimum Gasteiger partial charge on any atom is -0.393 e. The Hall–Kier alpha value is -2.97. The highest BCUT2D eigenvalue weighted by molar-refractivity contribution is 6.23. The van der Waals surface area contributed by atoms with Gasteiger partial charge in [0.05, 0.1) is 4.92 Å². The van der Waals surface area contributed by atoms with Crippen molar-refractivity contribution in [2.45, 2.75) is 18.8 Å². The van der Waals surface area contributed by atoms with Crippen molar-refractivity contribution in [1.29, 1.82) is 0 Å². The molecule has 1 aromatic rings. The largest absolute Gasteiger partial charge is 0.393 e. The summed E-state index contributed by atoms with van der Waals surface area (Å²) in [5.41, 5.74) is 3.42. The summed E-state index contributed by atoms with van der Waals surface area (Å²) in [6.07, 6.45) is 0.0268. The van der Waals surface area contributed by atoms with Crippen LogP contribution in [-0.4, -0.2) is 22.8 Å². The molecule has 1 heterocycles. The monoisotopic (exact) mass is 292 g/mol. The molecule has 4 amide bonds. The Kier molecular flexibility index (Phi) is 3.34. The number of nitrogen functional groups attached to an aromatic ring is 1. The predicted octanol–water partition coefficient (Wildman–Crippen LogP) is 0.191. The summed E-state index contributed by atoms with van der Waals surface area (Å²) in [5, 5.41) is 14.9. The van der Waals surface area contributed by atoms with Gasteiger partial charge in [-0.1, -0.05) is 13.0 Å². The molecular weight excluding hydrogens is 280 g/mol. The van der Waals surface area contributed by atoms with E-state index in [1.54, 1.807) is 6.92 Å². The van der Waals surface area contributed by atoms with Crippen molar-refractivity contribution in [3.05, 3.63) is 33.9 Å². The van der Waals surface area contributed by atoms with Gasteiger partial charge >= 0.3 is 6.03 Å². The second kappa shape index (κ2) is 4.85. The maximum atomic E-state index is 12.1. The normalized spacial score (nSPS) is 17.1. The SMILES string of the molecule is CCC1(c2ccc(N)c([N+](=O)[O-])c2)C(=O)NC(=O)NC1=O. The Morgan fingerprint density at radius 2 is 1.81 bits per heavy atom. The first-order chi connectivity index (χ1) is 9.82. The van der Waals surface area contributed by atoms with Crippen LogP contribution in [0.15, 0.2) is 18.2 Å². The van der Waals surface area contributed by atoms with Crippen LogP contribution in [-0.2, 0) is 15.0 Å². The summed E-state index contributed by atoms with van der Waals surface area (Å²) < 4.78 is 0. The molecule has 2 rings (SSSR count). The van der Waals surface area contributed by atoms with Crippen LogP contribution < -0.4 is 16.4 Å². The molecule has 0 unspecified atom stereocenters. The lowest BCUT2D eigenvalue weighted by atomic mass is 9.75. The number of nitrogens with zero attached hydrogens (tertiary/aromatic N) is 1. The van der Waals surface area contributed by atoms with Gasteiger partial charge in [-0.15, -0.1) is 0 Å². The highest BCUT2D eigenvalue weighted by Crippen LogP contribution is 2.34. The summed E-state index contributed by atoms with van der Waals surface area (Å²) >= 11 is 0. The maximum absolute atomic E-state index is 12.1. The van der Waals surface area contributed by atoms with E-state index in [0.717, 1.165) is 6.07 Å². The molecule has 1 aromatic carbocycles. The number of nitro groups is 1. The van der Waals surface area contributed by atoms with Crippen molar-refractivity contribution in [1.82, 2.24) is 10.6 Å². The smallest absolute Gasteiger partial charge is 0.328 e. The van der Waals surface area contributed by atoms with Crippen molar-refractivity contribution in [2.75, 3.05) is 5.73 Å². The fourth-order valence-corrected chi connectivity index (χ4v) is 2.31. The molecule has 9 heteroatoms. The van der Waals surface area contributed by atoms with Gasteiger partial charge in [0.25, 0.3) is 5.69 Å². The van der Waals surface area contributed by atoms with E-state index in [4.69, 9.17) is 5.73 Å². The number of amides is 4. The molecule has 21 heavy (non-hydrogen) atoms. The first-order valence-electron chi connectivity index (χ1n) is 6.04. The number of urea groups is 1. The first-order valence-corrected chi connectivity index (χ1v) is 6.04. The molecule has 0 bridgehead atoms. The molecule has 110 valence electrons. The number of nitrogens with two attached hydrogens (primary N) is 1. The second-order valence-corrected chi connectivity index (χ2v) is 4.53. The average Bonchev–Trinajstić information content (AvgIpc) is 2.40. The van der Waals surface area contributed by atoms with Crippen LogP contribution >= 0.6 is 0 Å². The Morgan fingerprint density at radius 3 is 2.29 bits per heavy atom. The van der Waals surface area contributed by atoms with Gasteiger partial charge in [-0.2, -0.15) is 0 Å². The van der Waals surface area contributed by atoms with Crippen molar-refractivity contribution in [3.8, 4) is 0 Å². The lowest BCUT2D eigenvalue weighted by molar-refractivity contribution is -0.384. The Balaban J connectivity index is 2.63. The lowest BCUT2D eigenvalue weighted by Crippen LogP contribution is -2.64. The van der Waals surface area contributed by atoms with E-state index < -0.39 is 33.9 Å². The van der Waals surface area contributed by atoms with E-state index in [-0.39, 0.29) is 17.7 Å². The number of nitro benzene ring substituents is 1. The van der Waals surface area contributed by atoms with Gasteiger partial charge in [-0.25, -0.2) is 4.79 Å². The molecule has 1 aliphatic heterocycles. The number of hydrogen-bond acceptors (Lipinski definition) is 6. The fraction of sp³-hybridized carbons (Fsp3) is 0.250. The van der Waals surface area contributed by atoms with Crippen LogP contribution in [0.1, 0.15) is 18.9 Å². The third-order valence-electron chi connectivity index (χ3n) is 3.48. The van der Waals surface area contributed by atoms with Gasteiger partial charge < -0.3 is 5.73 Å². The predicted molar refractivity (Wildman–Crippen MR) is 71.2 cm³/mol. The van der Waals surface area contributed by atoms with Crippen LogP contribution in [0.2, 0.25) is 0 Å². The number of nitrogens with one attached hydrogen (secondary N) is 2. The number of rotatable bonds is 3. The molecule has 0 atom stereocenters. The topological polar surface area (TPSA) is 144 Å². The van der Waals surface area contributed by atoms with Crippen LogP contribution in [0, 0.1) is 10.1 Å². The minimum atomic E-state index is -1.70. The van der Waals surface area contributed by atoms with Gasteiger partial charge in [0.1, 0.15) is 5.69 Å². The van der Waals surface area contributed by atoms with E-state index in [1.807, 2.05) is 10.6 Å². The van der Waals surface area contributed by atoms with E-state index in [9.17, 15) is 24.5 Å². The van der Waals surface area contributed by atoms with Gasteiger partial charge in [0, 0.05) is 6.07 Å². The molecule has 0 aromatic heterocycles. The molecule has 0 aliphatic carbocycles. The van der Waals surface area contributed by atoms with E-state index in [2.05, 4.69) is 0 Å². The Labute approximate surface area is 118 Å². The lowest BCUT2D eigenvalue weighted by Gasteiger charge is -2.33. The molecule has 1 fully saturated rings. The number of imide groups is 2. The molecule has 1 saturated heterocycles. The molecule has 4 N–H and O–H groups in total. The summed E-state index contributed by atoms with van der Waals surface area (Å²) in [7, 11) is 0. The van der Waals surface area contributed by atoms with Crippen molar-refractivity contribution in [2.24, 2.45) is 0 Å². The number of anilines is 1. The highest BCUT2D eigenvalue weighted by Gasteiger charge is 2.50. The van der Waals surface area contributed by atoms with Crippen molar-refractivity contribution < 1.29 is 19.3 Å². The quantitative estimate of drug-likeness (QED) is 0.314. The zero-order valence-corrected chi connectivity index (χ0v) is 11.0. The highest BCUT2D eigenvalue weighted by atomic mass is 16.6. The minimum absolute atomic E-state index is 0.0268. The van der Waals surface area contributed by atoms with Crippen LogP contribution in [0.5, 0.6) is 0 Å². The van der Waals surface area contributed by atoms with E-state index in [1.165, 1.54) is 12.1 Å². The summed E-state index contributed by atoms with van der Waals surface area (Å²) in [4.78, 5) is 45.7. The van der Waals surface area contributed by atoms with Gasteiger partial charge in [0.2, 0.25) is 11.8 Å². The number of carbonyl (C=O) groups excluding carboxylic acids is 3. The third-order valence-corrected chi connectivity index (χ3v) is 3.48. The summed E-state index contributed by atoms with van der Waals surface area (Å²) in [5.74, 6) is -1.64. The molecular formula is C12H12N4O5. The van der Waals surface area contributed by atoms with Gasteiger partial charge in [0.15, 0.2) is 5.41 Å². The average molecular weight is 292 g/mol. The second-order valence-electron chi connectivity index (χ2n) is 4.53. The van der Waals surface area contributed by atoms with E-state index in [0.29, 0.717) is 0 Å². The van der Waals surface area contributed by atoms with E-state index >= 15 is 0 Å². The zero-order chi connectivity index (χ0) is 15.8. The van der Waals surface area contributed by atoms with Crippen molar-refractivity contribution in [3.63, 3.8) is 0 Å². The van der Waals surface area contributed by atoms with Crippen molar-refractivity contribution >= 4 is 29.2 Å². The van der Waals surface area contributed by atoms with Crippen LogP contribution in [0.3, 0.4) is 0 Å². The molecule has 0 spiro atoms. The fourth-order valence-electron chi connectivity index (χ4n) is 2.31. The standard InChI is InChI=1S/C12H12N4O5/c1-2-12(9(17)14-11(19)15-10(12)18)6-3-4-7(13)8(5-6)16(20)21/h3-5H,2,13H2,1H3,(H2,14,15,17,18,19). The number of carbonyl (C=O) groups is 3. The Morgan fingerprint density at radius 1 is 1.24 bits per heavy atom. The third kappa shape index (κ3) is 2.08. The molecule has 9 nitrogen and oxygen atoms in total. The summed E-state index contributed by atoms with van der Waals surface area (Å²) in [6, 6.07) is 2.77. The Bertz CT molecular complexity index is 650. The van der Waals surface area contributed by atoms with Crippen LogP contribution in [0.25, 0.3) is 0 Å². The summed E-state index contributed by atoms with van der Waals surface area (Å²) in [6.45, 7) is 1.57.